The van der Waals surface area contributed by atoms with E-state index >= 15 is 0 Å². The lowest BCUT2D eigenvalue weighted by molar-refractivity contribution is -0.120. The van der Waals surface area contributed by atoms with Gasteiger partial charge in [-0.25, -0.2) is 0 Å². The van der Waals surface area contributed by atoms with Crippen LogP contribution in [-0.4, -0.2) is 17.1 Å². The molecule has 12 heavy (non-hydrogen) atoms. The quantitative estimate of drug-likeness (QED) is 0.595. The fourth-order valence-corrected chi connectivity index (χ4v) is 1.46. The Morgan fingerprint density at radius 3 is 2.42 bits per heavy atom. The summed E-state index contributed by atoms with van der Waals surface area (Å²) < 4.78 is 0. The molecule has 0 saturated carbocycles. The van der Waals surface area contributed by atoms with Gasteiger partial charge in [0.2, 0.25) is 5.91 Å². The fourth-order valence-electron chi connectivity index (χ4n) is 1.21. The van der Waals surface area contributed by atoms with Crippen molar-refractivity contribution in [1.29, 1.82) is 0 Å². The van der Waals surface area contributed by atoms with E-state index in [1.807, 2.05) is 0 Å². The van der Waals surface area contributed by atoms with Crippen molar-refractivity contribution < 1.29 is 4.79 Å². The summed E-state index contributed by atoms with van der Waals surface area (Å²) in [6.07, 6.45) is 0.805. The molecule has 4 heteroatoms. The molecule has 1 heterocycles. The van der Waals surface area contributed by atoms with Crippen molar-refractivity contribution in [3.63, 3.8) is 0 Å². The molecule has 0 spiro atoms. The van der Waals surface area contributed by atoms with Gasteiger partial charge in [0.05, 0.1) is 0 Å². The van der Waals surface area contributed by atoms with Gasteiger partial charge in [0, 0.05) is 0 Å². The largest absolute Gasteiger partial charge is 0.351 e. The number of rotatable bonds is 1. The van der Waals surface area contributed by atoms with Gasteiger partial charge < -0.3 is 10.6 Å². The first-order valence-electron chi connectivity index (χ1n) is 4.00. The van der Waals surface area contributed by atoms with E-state index in [1.54, 1.807) is 0 Å². The third-order valence-electron chi connectivity index (χ3n) is 1.68. The summed E-state index contributed by atoms with van der Waals surface area (Å²) in [5.74, 6) is -0.00470. The summed E-state index contributed by atoms with van der Waals surface area (Å²) in [6, 6.07) is -0.141. The predicted octanol–water partition coefficient (Wildman–Crippen LogP) is 0.795. The Morgan fingerprint density at radius 1 is 1.50 bits per heavy atom. The molecule has 68 valence electrons. The van der Waals surface area contributed by atoms with Gasteiger partial charge >= 0.3 is 0 Å². The van der Waals surface area contributed by atoms with E-state index in [1.165, 1.54) is 0 Å². The molecule has 1 saturated heterocycles. The average molecular weight is 186 g/mol. The van der Waals surface area contributed by atoms with Gasteiger partial charge in [-0.15, -0.1) is 0 Å². The molecule has 1 atom stereocenters. The molecule has 1 aliphatic heterocycles. The van der Waals surface area contributed by atoms with Crippen LogP contribution in [0.4, 0.5) is 0 Å². The minimum absolute atomic E-state index is 0.00470. The standard InChI is InChI=1S/C8H14N2OS/c1-8(2,3)4-5-6(11)10-7(12)9-5/h5H,4H2,1-3H3,(H2,9,10,11,12). The second-order valence-corrected chi connectivity index (χ2v) is 4.69. The Kier molecular flexibility index (Phi) is 2.37. The zero-order chi connectivity index (χ0) is 9.35. The van der Waals surface area contributed by atoms with Gasteiger partial charge in [-0.3, -0.25) is 4.79 Å². The van der Waals surface area contributed by atoms with Crippen molar-refractivity contribution >= 4 is 23.2 Å². The van der Waals surface area contributed by atoms with Gasteiger partial charge in [0.1, 0.15) is 6.04 Å². The molecular weight excluding hydrogens is 172 g/mol. The minimum Gasteiger partial charge on any atom is -0.351 e. The molecule has 0 aromatic heterocycles. The van der Waals surface area contributed by atoms with Gasteiger partial charge in [-0.1, -0.05) is 20.8 Å². The van der Waals surface area contributed by atoms with Crippen molar-refractivity contribution in [2.75, 3.05) is 0 Å². The van der Waals surface area contributed by atoms with Crippen molar-refractivity contribution in [2.24, 2.45) is 5.41 Å². The predicted molar refractivity (Wildman–Crippen MR) is 51.7 cm³/mol. The second kappa shape index (κ2) is 3.01. The van der Waals surface area contributed by atoms with Gasteiger partial charge in [-0.2, -0.15) is 0 Å². The Labute approximate surface area is 77.9 Å². The number of hydrogen-bond donors (Lipinski definition) is 2. The summed E-state index contributed by atoms with van der Waals surface area (Å²) in [7, 11) is 0. The number of amides is 1. The highest BCUT2D eigenvalue weighted by Gasteiger charge is 2.30. The molecule has 1 amide bonds. The maximum Gasteiger partial charge on any atom is 0.248 e. The lowest BCUT2D eigenvalue weighted by Gasteiger charge is -2.20. The fraction of sp³-hybridized carbons (Fsp3) is 0.750. The van der Waals surface area contributed by atoms with Crippen LogP contribution in [0.3, 0.4) is 0 Å². The third kappa shape index (κ3) is 2.44. The number of nitrogens with one attached hydrogen (secondary N) is 2. The number of carbonyl (C=O) groups is 1. The highest BCUT2D eigenvalue weighted by molar-refractivity contribution is 7.80. The average Bonchev–Trinajstić information content (AvgIpc) is 2.06. The van der Waals surface area contributed by atoms with E-state index < -0.39 is 0 Å². The van der Waals surface area contributed by atoms with Crippen LogP contribution in [0.25, 0.3) is 0 Å². The number of carbonyl (C=O) groups excluding carboxylic acids is 1. The molecule has 1 fully saturated rings. The molecule has 1 aliphatic rings. The van der Waals surface area contributed by atoms with Crippen molar-refractivity contribution in [3.05, 3.63) is 0 Å². The Hall–Kier alpha value is -0.640. The Bertz CT molecular complexity index is 220. The second-order valence-electron chi connectivity index (χ2n) is 4.28. The summed E-state index contributed by atoms with van der Waals surface area (Å²) in [5.41, 5.74) is 0.148. The lowest BCUT2D eigenvalue weighted by atomic mass is 9.88. The molecule has 3 nitrogen and oxygen atoms in total. The topological polar surface area (TPSA) is 41.1 Å². The maximum absolute atomic E-state index is 11.2. The lowest BCUT2D eigenvalue weighted by Crippen LogP contribution is -2.33. The molecule has 0 aromatic carbocycles. The molecule has 1 unspecified atom stereocenters. The Morgan fingerprint density at radius 2 is 2.08 bits per heavy atom. The van der Waals surface area contributed by atoms with Gasteiger partial charge in [-0.05, 0) is 24.1 Å². The molecule has 1 rings (SSSR count). The van der Waals surface area contributed by atoms with Gasteiger partial charge in [0.15, 0.2) is 5.11 Å². The highest BCUT2D eigenvalue weighted by Crippen LogP contribution is 2.21. The van der Waals surface area contributed by atoms with Crippen molar-refractivity contribution in [2.45, 2.75) is 33.2 Å². The van der Waals surface area contributed by atoms with E-state index in [-0.39, 0.29) is 17.4 Å². The summed E-state index contributed by atoms with van der Waals surface area (Å²) in [5, 5.41) is 5.95. The third-order valence-corrected chi connectivity index (χ3v) is 1.89. The molecule has 0 aliphatic carbocycles. The van der Waals surface area contributed by atoms with Crippen LogP contribution >= 0.6 is 12.2 Å². The highest BCUT2D eigenvalue weighted by atomic mass is 32.1. The van der Waals surface area contributed by atoms with Gasteiger partial charge in [0.25, 0.3) is 0 Å². The van der Waals surface area contributed by atoms with E-state index in [0.29, 0.717) is 5.11 Å². The Balaban J connectivity index is 2.54. The monoisotopic (exact) mass is 186 g/mol. The van der Waals surface area contributed by atoms with E-state index in [4.69, 9.17) is 12.2 Å². The van der Waals surface area contributed by atoms with Crippen LogP contribution in [0.5, 0.6) is 0 Å². The van der Waals surface area contributed by atoms with Crippen LogP contribution < -0.4 is 10.6 Å². The van der Waals surface area contributed by atoms with Crippen LogP contribution in [-0.2, 0) is 4.79 Å². The van der Waals surface area contributed by atoms with Crippen LogP contribution in [0.15, 0.2) is 0 Å². The minimum atomic E-state index is -0.141. The molecule has 2 N–H and O–H groups in total. The SMILES string of the molecule is CC(C)(C)CC1NC(=S)NC1=O. The van der Waals surface area contributed by atoms with Crippen LogP contribution in [0.2, 0.25) is 0 Å². The number of hydrogen-bond acceptors (Lipinski definition) is 2. The summed E-state index contributed by atoms with van der Waals surface area (Å²) >= 11 is 4.82. The maximum atomic E-state index is 11.2. The summed E-state index contributed by atoms with van der Waals surface area (Å²) in [4.78, 5) is 11.2. The first-order valence-corrected chi connectivity index (χ1v) is 4.41. The first-order chi connectivity index (χ1) is 5.38. The zero-order valence-electron chi connectivity index (χ0n) is 7.60. The van der Waals surface area contributed by atoms with Crippen LogP contribution in [0.1, 0.15) is 27.2 Å². The smallest absolute Gasteiger partial charge is 0.248 e. The molecule has 0 aromatic rings. The van der Waals surface area contributed by atoms with E-state index in [2.05, 4.69) is 31.4 Å². The first kappa shape index (κ1) is 9.45. The van der Waals surface area contributed by atoms with Crippen LogP contribution in [0, 0.1) is 5.41 Å². The van der Waals surface area contributed by atoms with E-state index in [9.17, 15) is 4.79 Å². The molecule has 0 radical (unpaired) electrons. The zero-order valence-corrected chi connectivity index (χ0v) is 8.42. The number of thiocarbonyl (C=S) groups is 1. The van der Waals surface area contributed by atoms with E-state index in [0.717, 1.165) is 6.42 Å². The summed E-state index contributed by atoms with van der Waals surface area (Å²) in [6.45, 7) is 6.30. The molecule has 0 bridgehead atoms. The van der Waals surface area contributed by atoms with Crippen molar-refractivity contribution in [1.82, 2.24) is 10.6 Å². The van der Waals surface area contributed by atoms with Crippen molar-refractivity contribution in [3.8, 4) is 0 Å². The normalized spacial score (nSPS) is 23.8. The molecular formula is C8H14N2OS.